The van der Waals surface area contributed by atoms with Crippen LogP contribution in [0.3, 0.4) is 0 Å². The van der Waals surface area contributed by atoms with Crippen LogP contribution in [-0.4, -0.2) is 40.7 Å². The van der Waals surface area contributed by atoms with Crippen molar-refractivity contribution in [2.45, 2.75) is 25.5 Å². The summed E-state index contributed by atoms with van der Waals surface area (Å²) in [5.74, 6) is -0.809. The number of amidine groups is 1. The SMILES string of the molecule is CCC(NCC(O)C(N)=O)C(N)=NO. The van der Waals surface area contributed by atoms with Crippen LogP contribution in [-0.2, 0) is 4.79 Å². The summed E-state index contributed by atoms with van der Waals surface area (Å²) in [7, 11) is 0. The molecule has 0 bridgehead atoms. The Morgan fingerprint density at radius 1 is 1.57 bits per heavy atom. The summed E-state index contributed by atoms with van der Waals surface area (Å²) in [5.41, 5.74) is 10.2. The van der Waals surface area contributed by atoms with E-state index in [1.807, 2.05) is 6.92 Å². The van der Waals surface area contributed by atoms with E-state index in [0.717, 1.165) is 0 Å². The lowest BCUT2D eigenvalue weighted by molar-refractivity contribution is -0.125. The molecule has 0 radical (unpaired) electrons. The minimum absolute atomic E-state index is 0.00386. The normalized spacial score (nSPS) is 16.3. The average molecular weight is 204 g/mol. The first-order chi connectivity index (χ1) is 6.52. The molecule has 0 spiro atoms. The molecule has 0 heterocycles. The van der Waals surface area contributed by atoms with Crippen molar-refractivity contribution >= 4 is 11.7 Å². The minimum Gasteiger partial charge on any atom is -0.409 e. The molecule has 0 fully saturated rings. The lowest BCUT2D eigenvalue weighted by Crippen LogP contribution is -2.46. The number of oxime groups is 1. The monoisotopic (exact) mass is 204 g/mol. The molecule has 7 nitrogen and oxygen atoms in total. The highest BCUT2D eigenvalue weighted by molar-refractivity contribution is 5.85. The molecule has 0 aromatic heterocycles. The van der Waals surface area contributed by atoms with Gasteiger partial charge in [0, 0.05) is 6.54 Å². The summed E-state index contributed by atoms with van der Waals surface area (Å²) in [4.78, 5) is 10.5. The van der Waals surface area contributed by atoms with Gasteiger partial charge in [0.1, 0.15) is 6.10 Å². The van der Waals surface area contributed by atoms with E-state index in [0.29, 0.717) is 6.42 Å². The zero-order chi connectivity index (χ0) is 11.1. The highest BCUT2D eigenvalue weighted by Crippen LogP contribution is 1.91. The molecule has 7 N–H and O–H groups in total. The second kappa shape index (κ2) is 6.17. The number of nitrogens with zero attached hydrogens (tertiary/aromatic N) is 1. The van der Waals surface area contributed by atoms with Gasteiger partial charge in [-0.1, -0.05) is 12.1 Å². The Morgan fingerprint density at radius 3 is 2.50 bits per heavy atom. The number of carbonyl (C=O) groups is 1. The fourth-order valence-electron chi connectivity index (χ4n) is 0.882. The molecule has 0 saturated heterocycles. The number of aliphatic hydroxyl groups is 1. The number of hydrogen-bond acceptors (Lipinski definition) is 5. The maximum atomic E-state index is 10.5. The van der Waals surface area contributed by atoms with Crippen LogP contribution < -0.4 is 16.8 Å². The first kappa shape index (κ1) is 12.7. The molecule has 14 heavy (non-hydrogen) atoms. The summed E-state index contributed by atoms with van der Waals surface area (Å²) < 4.78 is 0. The Labute approximate surface area is 81.8 Å². The first-order valence-corrected chi connectivity index (χ1v) is 4.21. The van der Waals surface area contributed by atoms with E-state index in [-0.39, 0.29) is 18.4 Å². The summed E-state index contributed by atoms with van der Waals surface area (Å²) >= 11 is 0. The van der Waals surface area contributed by atoms with E-state index in [2.05, 4.69) is 10.5 Å². The van der Waals surface area contributed by atoms with E-state index in [1.54, 1.807) is 0 Å². The van der Waals surface area contributed by atoms with Crippen molar-refractivity contribution in [2.75, 3.05) is 6.54 Å². The zero-order valence-electron chi connectivity index (χ0n) is 7.97. The second-order valence-corrected chi connectivity index (χ2v) is 2.81. The number of aliphatic hydroxyl groups excluding tert-OH is 1. The predicted molar refractivity (Wildman–Crippen MR) is 50.7 cm³/mol. The summed E-state index contributed by atoms with van der Waals surface area (Å²) in [5, 5.41) is 23.0. The number of nitrogens with one attached hydrogen (secondary N) is 1. The van der Waals surface area contributed by atoms with Crippen molar-refractivity contribution in [3.63, 3.8) is 0 Å². The Bertz CT molecular complexity index is 219. The predicted octanol–water partition coefficient (Wildman–Crippen LogP) is -2.05. The summed E-state index contributed by atoms with van der Waals surface area (Å²) in [6.45, 7) is 1.79. The lowest BCUT2D eigenvalue weighted by atomic mass is 10.2. The zero-order valence-corrected chi connectivity index (χ0v) is 7.97. The molecular weight excluding hydrogens is 188 g/mol. The van der Waals surface area contributed by atoms with Crippen LogP contribution >= 0.6 is 0 Å². The van der Waals surface area contributed by atoms with E-state index in [1.165, 1.54) is 0 Å². The molecule has 0 aliphatic heterocycles. The van der Waals surface area contributed by atoms with Gasteiger partial charge in [0.25, 0.3) is 0 Å². The van der Waals surface area contributed by atoms with Gasteiger partial charge in [-0.15, -0.1) is 0 Å². The van der Waals surface area contributed by atoms with E-state index in [9.17, 15) is 4.79 Å². The Hall–Kier alpha value is -1.34. The number of nitrogens with two attached hydrogens (primary N) is 2. The van der Waals surface area contributed by atoms with Crippen molar-refractivity contribution < 1.29 is 15.1 Å². The molecule has 7 heteroatoms. The lowest BCUT2D eigenvalue weighted by Gasteiger charge is -2.16. The number of hydrogen-bond donors (Lipinski definition) is 5. The van der Waals surface area contributed by atoms with E-state index >= 15 is 0 Å². The third-order valence-electron chi connectivity index (χ3n) is 1.77. The van der Waals surface area contributed by atoms with Crippen LogP contribution in [0.15, 0.2) is 5.16 Å². The first-order valence-electron chi connectivity index (χ1n) is 4.21. The van der Waals surface area contributed by atoms with Gasteiger partial charge in [-0.25, -0.2) is 0 Å². The molecule has 0 aliphatic rings. The van der Waals surface area contributed by atoms with Gasteiger partial charge < -0.3 is 27.1 Å². The van der Waals surface area contributed by atoms with Crippen LogP contribution in [0.25, 0.3) is 0 Å². The maximum absolute atomic E-state index is 10.5. The third kappa shape index (κ3) is 4.06. The molecule has 0 aliphatic carbocycles. The van der Waals surface area contributed by atoms with Crippen molar-refractivity contribution in [3.8, 4) is 0 Å². The number of rotatable bonds is 6. The van der Waals surface area contributed by atoms with Gasteiger partial charge in [-0.3, -0.25) is 4.79 Å². The maximum Gasteiger partial charge on any atom is 0.247 e. The molecule has 0 aromatic carbocycles. The van der Waals surface area contributed by atoms with Crippen molar-refractivity contribution in [2.24, 2.45) is 16.6 Å². The van der Waals surface area contributed by atoms with Crippen molar-refractivity contribution in [3.05, 3.63) is 0 Å². The van der Waals surface area contributed by atoms with Crippen LogP contribution in [0.1, 0.15) is 13.3 Å². The fourth-order valence-corrected chi connectivity index (χ4v) is 0.882. The summed E-state index contributed by atoms with van der Waals surface area (Å²) in [6.07, 6.45) is -0.697. The van der Waals surface area contributed by atoms with E-state index < -0.39 is 12.0 Å². The van der Waals surface area contributed by atoms with Crippen molar-refractivity contribution in [1.29, 1.82) is 0 Å². The molecule has 82 valence electrons. The van der Waals surface area contributed by atoms with Gasteiger partial charge in [0.15, 0.2) is 5.84 Å². The topological polar surface area (TPSA) is 134 Å². The highest BCUT2D eigenvalue weighted by Gasteiger charge is 2.15. The number of primary amides is 1. The fraction of sp³-hybridized carbons (Fsp3) is 0.714. The minimum atomic E-state index is -1.27. The summed E-state index contributed by atoms with van der Waals surface area (Å²) in [6, 6.07) is -0.381. The van der Waals surface area contributed by atoms with Crippen molar-refractivity contribution in [1.82, 2.24) is 5.32 Å². The molecule has 0 aromatic rings. The number of amides is 1. The Morgan fingerprint density at radius 2 is 2.14 bits per heavy atom. The molecule has 2 atom stereocenters. The molecule has 0 saturated carbocycles. The van der Waals surface area contributed by atoms with Gasteiger partial charge in [0.2, 0.25) is 5.91 Å². The smallest absolute Gasteiger partial charge is 0.247 e. The number of carbonyl (C=O) groups excluding carboxylic acids is 1. The van der Waals surface area contributed by atoms with Crippen LogP contribution in [0.5, 0.6) is 0 Å². The van der Waals surface area contributed by atoms with Gasteiger partial charge in [-0.05, 0) is 6.42 Å². The quantitative estimate of drug-likeness (QED) is 0.147. The Balaban J connectivity index is 4.02. The Kier molecular flexibility index (Phi) is 5.58. The molecule has 0 rings (SSSR count). The second-order valence-electron chi connectivity index (χ2n) is 2.81. The van der Waals surface area contributed by atoms with Crippen LogP contribution in [0.4, 0.5) is 0 Å². The third-order valence-corrected chi connectivity index (χ3v) is 1.77. The average Bonchev–Trinajstić information content (AvgIpc) is 2.17. The van der Waals surface area contributed by atoms with Gasteiger partial charge >= 0.3 is 0 Å². The molecular formula is C7H16N4O3. The largest absolute Gasteiger partial charge is 0.409 e. The highest BCUT2D eigenvalue weighted by atomic mass is 16.4. The van der Waals surface area contributed by atoms with Crippen LogP contribution in [0, 0.1) is 0 Å². The molecule has 2 unspecified atom stereocenters. The van der Waals surface area contributed by atoms with Crippen LogP contribution in [0.2, 0.25) is 0 Å². The molecule has 1 amide bonds. The van der Waals surface area contributed by atoms with Gasteiger partial charge in [0.05, 0.1) is 6.04 Å². The van der Waals surface area contributed by atoms with Gasteiger partial charge in [-0.2, -0.15) is 0 Å². The standard InChI is InChI=1S/C7H16N4O3/c1-2-4(6(8)11-14)10-3-5(12)7(9)13/h4-5,10,12,14H,2-3H2,1H3,(H2,8,11)(H2,9,13). The van der Waals surface area contributed by atoms with E-state index in [4.69, 9.17) is 21.8 Å².